The predicted octanol–water partition coefficient (Wildman–Crippen LogP) is 3.08. The lowest BCUT2D eigenvalue weighted by Gasteiger charge is -2.39. The fourth-order valence-electron chi connectivity index (χ4n) is 4.52. The Labute approximate surface area is 177 Å². The SMILES string of the molecule is COC[C@]1(C)CO[C@@H](C(=O)N2CCc3ccccc3[C@@H]2c2ccc(F)cc2)CCN1. The summed E-state index contributed by atoms with van der Waals surface area (Å²) < 4.78 is 25.0. The van der Waals surface area contributed by atoms with Crippen molar-refractivity contribution in [3.8, 4) is 0 Å². The molecule has 4 rings (SSSR count). The summed E-state index contributed by atoms with van der Waals surface area (Å²) in [6, 6.07) is 14.4. The highest BCUT2D eigenvalue weighted by molar-refractivity contribution is 5.82. The van der Waals surface area contributed by atoms with Gasteiger partial charge in [0.15, 0.2) is 0 Å². The van der Waals surface area contributed by atoms with Gasteiger partial charge in [-0.2, -0.15) is 0 Å². The Bertz CT molecular complexity index is 888. The van der Waals surface area contributed by atoms with Gasteiger partial charge in [-0.3, -0.25) is 4.79 Å². The highest BCUT2D eigenvalue weighted by Crippen LogP contribution is 2.36. The first kappa shape index (κ1) is 21.0. The van der Waals surface area contributed by atoms with Gasteiger partial charge in [0.1, 0.15) is 11.9 Å². The summed E-state index contributed by atoms with van der Waals surface area (Å²) in [6.45, 7) is 4.26. The maximum absolute atomic E-state index is 13.6. The Morgan fingerprint density at radius 3 is 2.80 bits per heavy atom. The summed E-state index contributed by atoms with van der Waals surface area (Å²) >= 11 is 0. The third-order valence-corrected chi connectivity index (χ3v) is 6.05. The molecule has 2 aliphatic heterocycles. The highest BCUT2D eigenvalue weighted by atomic mass is 19.1. The molecule has 1 amide bonds. The van der Waals surface area contributed by atoms with E-state index in [1.54, 1.807) is 19.2 Å². The van der Waals surface area contributed by atoms with Crippen molar-refractivity contribution in [3.05, 3.63) is 71.0 Å². The number of methoxy groups -OCH3 is 1. The second kappa shape index (κ2) is 8.84. The molecule has 0 aromatic heterocycles. The van der Waals surface area contributed by atoms with Gasteiger partial charge in [-0.1, -0.05) is 36.4 Å². The predicted molar refractivity (Wildman–Crippen MR) is 113 cm³/mol. The summed E-state index contributed by atoms with van der Waals surface area (Å²) in [4.78, 5) is 15.5. The molecule has 3 atom stereocenters. The van der Waals surface area contributed by atoms with Crippen molar-refractivity contribution < 1.29 is 18.7 Å². The van der Waals surface area contributed by atoms with Crippen LogP contribution in [0.1, 0.15) is 36.1 Å². The minimum Gasteiger partial charge on any atom is -0.383 e. The van der Waals surface area contributed by atoms with Gasteiger partial charge in [-0.15, -0.1) is 0 Å². The van der Waals surface area contributed by atoms with Gasteiger partial charge in [-0.05, 0) is 55.1 Å². The first-order valence-corrected chi connectivity index (χ1v) is 10.5. The molecule has 1 fully saturated rings. The number of fused-ring (bicyclic) bond motifs is 1. The minimum absolute atomic E-state index is 0.0118. The number of hydrogen-bond acceptors (Lipinski definition) is 4. The summed E-state index contributed by atoms with van der Waals surface area (Å²) in [6.07, 6.45) is 0.891. The van der Waals surface area contributed by atoms with Crippen molar-refractivity contribution >= 4 is 5.91 Å². The van der Waals surface area contributed by atoms with E-state index in [2.05, 4.69) is 17.4 Å². The van der Waals surface area contributed by atoms with Gasteiger partial charge in [0.05, 0.1) is 24.8 Å². The molecule has 0 unspecified atom stereocenters. The fourth-order valence-corrected chi connectivity index (χ4v) is 4.52. The highest BCUT2D eigenvalue weighted by Gasteiger charge is 2.38. The average Bonchev–Trinajstić information content (AvgIpc) is 2.95. The average molecular weight is 413 g/mol. The molecule has 2 heterocycles. The molecule has 0 radical (unpaired) electrons. The van der Waals surface area contributed by atoms with E-state index in [4.69, 9.17) is 9.47 Å². The van der Waals surface area contributed by atoms with Crippen molar-refractivity contribution in [1.29, 1.82) is 0 Å². The van der Waals surface area contributed by atoms with E-state index in [9.17, 15) is 9.18 Å². The molecule has 1 N–H and O–H groups in total. The van der Waals surface area contributed by atoms with Crippen LogP contribution in [-0.4, -0.2) is 55.9 Å². The molecule has 5 nitrogen and oxygen atoms in total. The van der Waals surface area contributed by atoms with Crippen molar-refractivity contribution in [1.82, 2.24) is 10.2 Å². The lowest BCUT2D eigenvalue weighted by Crippen LogP contribution is -2.49. The van der Waals surface area contributed by atoms with E-state index < -0.39 is 6.10 Å². The molecule has 0 aliphatic carbocycles. The van der Waals surface area contributed by atoms with Crippen molar-refractivity contribution in [2.75, 3.05) is 33.4 Å². The van der Waals surface area contributed by atoms with Crippen LogP contribution in [0.2, 0.25) is 0 Å². The van der Waals surface area contributed by atoms with Crippen LogP contribution in [0.15, 0.2) is 48.5 Å². The maximum atomic E-state index is 13.6. The van der Waals surface area contributed by atoms with E-state index >= 15 is 0 Å². The summed E-state index contributed by atoms with van der Waals surface area (Å²) in [7, 11) is 1.67. The second-order valence-corrected chi connectivity index (χ2v) is 8.44. The fraction of sp³-hybridized carbons (Fsp3) is 0.458. The zero-order valence-electron chi connectivity index (χ0n) is 17.6. The third-order valence-electron chi connectivity index (χ3n) is 6.05. The number of ether oxygens (including phenoxy) is 2. The Kier molecular flexibility index (Phi) is 6.18. The molecule has 2 aliphatic rings. The molecule has 30 heavy (non-hydrogen) atoms. The van der Waals surface area contributed by atoms with E-state index in [0.29, 0.717) is 32.7 Å². The van der Waals surface area contributed by atoms with Crippen LogP contribution in [0.3, 0.4) is 0 Å². The molecule has 0 bridgehead atoms. The van der Waals surface area contributed by atoms with E-state index in [1.165, 1.54) is 17.7 Å². The quantitative estimate of drug-likeness (QED) is 0.839. The van der Waals surface area contributed by atoms with Crippen LogP contribution < -0.4 is 5.32 Å². The topological polar surface area (TPSA) is 50.8 Å². The molecule has 0 saturated carbocycles. The smallest absolute Gasteiger partial charge is 0.252 e. The minimum atomic E-state index is -0.510. The number of benzene rings is 2. The first-order valence-electron chi connectivity index (χ1n) is 10.5. The summed E-state index contributed by atoms with van der Waals surface area (Å²) in [5.41, 5.74) is 2.92. The summed E-state index contributed by atoms with van der Waals surface area (Å²) in [5, 5.41) is 3.45. The van der Waals surface area contributed by atoms with Gasteiger partial charge in [0.2, 0.25) is 0 Å². The van der Waals surface area contributed by atoms with Crippen LogP contribution in [-0.2, 0) is 20.7 Å². The third kappa shape index (κ3) is 4.26. The van der Waals surface area contributed by atoms with Crippen LogP contribution >= 0.6 is 0 Å². The van der Waals surface area contributed by atoms with Crippen molar-refractivity contribution in [2.45, 2.75) is 37.5 Å². The van der Waals surface area contributed by atoms with Crippen molar-refractivity contribution in [2.24, 2.45) is 0 Å². The normalized spacial score (nSPS) is 26.7. The molecule has 0 spiro atoms. The van der Waals surface area contributed by atoms with Gasteiger partial charge in [0, 0.05) is 13.7 Å². The van der Waals surface area contributed by atoms with E-state index in [1.807, 2.05) is 24.0 Å². The van der Waals surface area contributed by atoms with E-state index in [-0.39, 0.29) is 23.3 Å². The number of nitrogens with one attached hydrogen (secondary N) is 1. The molecule has 1 saturated heterocycles. The molecule has 2 aromatic rings. The number of carbonyl (C=O) groups is 1. The molecule has 2 aromatic carbocycles. The van der Waals surface area contributed by atoms with Gasteiger partial charge in [-0.25, -0.2) is 4.39 Å². The molecular formula is C24H29FN2O3. The van der Waals surface area contributed by atoms with Crippen LogP contribution in [0.4, 0.5) is 4.39 Å². The summed E-state index contributed by atoms with van der Waals surface area (Å²) in [5.74, 6) is -0.293. The van der Waals surface area contributed by atoms with E-state index in [0.717, 1.165) is 17.5 Å². The largest absolute Gasteiger partial charge is 0.383 e. The van der Waals surface area contributed by atoms with Crippen LogP contribution in [0.5, 0.6) is 0 Å². The number of halogens is 1. The molecular weight excluding hydrogens is 383 g/mol. The zero-order chi connectivity index (χ0) is 21.1. The number of nitrogens with zero attached hydrogens (tertiary/aromatic N) is 1. The van der Waals surface area contributed by atoms with Gasteiger partial charge >= 0.3 is 0 Å². The number of amides is 1. The monoisotopic (exact) mass is 412 g/mol. The first-order chi connectivity index (χ1) is 14.5. The Morgan fingerprint density at radius 1 is 1.27 bits per heavy atom. The lowest BCUT2D eigenvalue weighted by molar-refractivity contribution is -0.146. The van der Waals surface area contributed by atoms with Gasteiger partial charge in [0.25, 0.3) is 5.91 Å². The van der Waals surface area contributed by atoms with Crippen LogP contribution in [0.25, 0.3) is 0 Å². The van der Waals surface area contributed by atoms with Crippen LogP contribution in [0, 0.1) is 5.82 Å². The Morgan fingerprint density at radius 2 is 2.03 bits per heavy atom. The maximum Gasteiger partial charge on any atom is 0.252 e. The standard InChI is InChI=1S/C24H29FN2O3/c1-24(15-29-2)16-30-21(11-13-26-24)23(28)27-14-12-17-5-3-4-6-20(17)22(27)18-7-9-19(25)10-8-18/h3-10,21-22,26H,11-16H2,1-2H3/t21-,22+,24-/m1/s1. The lowest BCUT2D eigenvalue weighted by atomic mass is 9.87. The molecule has 6 heteroatoms. The number of hydrogen-bond donors (Lipinski definition) is 1. The number of carbonyl (C=O) groups excluding carboxylic acids is 1. The Hall–Kier alpha value is -2.28. The Balaban J connectivity index is 1.61. The van der Waals surface area contributed by atoms with Gasteiger partial charge < -0.3 is 19.7 Å². The second-order valence-electron chi connectivity index (χ2n) is 8.44. The van der Waals surface area contributed by atoms with Crippen molar-refractivity contribution in [3.63, 3.8) is 0 Å². The molecule has 160 valence electrons. The number of rotatable bonds is 4. The zero-order valence-corrected chi connectivity index (χ0v) is 17.6.